The molecule has 0 saturated carbocycles. The summed E-state index contributed by atoms with van der Waals surface area (Å²) in [4.78, 5) is 26.7. The molecule has 2 aromatic rings. The monoisotopic (exact) mass is 487 g/mol. The summed E-state index contributed by atoms with van der Waals surface area (Å²) in [6.07, 6.45) is 7.21. The second-order valence-electron chi connectivity index (χ2n) is 8.01. The van der Waals surface area contributed by atoms with Gasteiger partial charge in [0, 0.05) is 37.0 Å². The molecule has 3 rings (SSSR count). The van der Waals surface area contributed by atoms with E-state index in [1.54, 1.807) is 24.3 Å². The largest absolute Gasteiger partial charge is 0.358 e. The first-order valence-corrected chi connectivity index (χ1v) is 12.4. The fourth-order valence-electron chi connectivity index (χ4n) is 3.76. The number of carbonyl (C=O) groups excluding carboxylic acids is 2. The van der Waals surface area contributed by atoms with Crippen molar-refractivity contribution in [2.24, 2.45) is 5.92 Å². The minimum atomic E-state index is -3.89. The maximum absolute atomic E-state index is 13.5. The summed E-state index contributed by atoms with van der Waals surface area (Å²) in [5, 5.41) is 2.53. The van der Waals surface area contributed by atoms with Crippen LogP contribution in [-0.2, 0) is 14.8 Å². The molecule has 0 spiro atoms. The van der Waals surface area contributed by atoms with Crippen LogP contribution < -0.4 is 10.2 Å². The topological polar surface area (TPSA) is 86.8 Å². The Bertz CT molecular complexity index is 1210. The number of anilines is 1. The van der Waals surface area contributed by atoms with Crippen molar-refractivity contribution in [3.8, 4) is 12.3 Å². The van der Waals surface area contributed by atoms with Crippen LogP contribution in [0.2, 0.25) is 5.02 Å². The van der Waals surface area contributed by atoms with Gasteiger partial charge >= 0.3 is 0 Å². The summed E-state index contributed by atoms with van der Waals surface area (Å²) in [6, 6.07) is 10.8. The van der Waals surface area contributed by atoms with Crippen molar-refractivity contribution >= 4 is 39.1 Å². The molecule has 1 atom stereocenters. The van der Waals surface area contributed by atoms with Crippen LogP contribution in [0.25, 0.3) is 0 Å². The molecule has 1 saturated heterocycles. The molecular weight excluding hydrogens is 462 g/mol. The summed E-state index contributed by atoms with van der Waals surface area (Å²) < 4.78 is 28.0. The number of likely N-dealkylation sites (N-methyl/N-ethyl adjacent to an activating group) is 1. The van der Waals surface area contributed by atoms with Crippen LogP contribution in [0.15, 0.2) is 47.4 Å². The number of terminal acetylenes is 1. The van der Waals surface area contributed by atoms with Crippen LogP contribution in [0.4, 0.5) is 5.69 Å². The first kappa shape index (κ1) is 24.8. The molecule has 1 N–H and O–H groups in total. The average molecular weight is 488 g/mol. The lowest BCUT2D eigenvalue weighted by Crippen LogP contribution is -2.40. The van der Waals surface area contributed by atoms with Gasteiger partial charge in [-0.15, -0.1) is 6.42 Å². The van der Waals surface area contributed by atoms with Crippen molar-refractivity contribution in [2.75, 3.05) is 31.6 Å². The second kappa shape index (κ2) is 10.4. The lowest BCUT2D eigenvalue weighted by molar-refractivity contribution is -0.119. The van der Waals surface area contributed by atoms with Crippen molar-refractivity contribution in [3.05, 3.63) is 58.6 Å². The van der Waals surface area contributed by atoms with E-state index >= 15 is 0 Å². The van der Waals surface area contributed by atoms with E-state index in [9.17, 15) is 18.0 Å². The number of hydrogen-bond acceptors (Lipinski definition) is 4. The number of hydrogen-bond donors (Lipinski definition) is 1. The maximum atomic E-state index is 13.5. The van der Waals surface area contributed by atoms with Crippen molar-refractivity contribution < 1.29 is 18.0 Å². The molecule has 7 nitrogen and oxygen atoms in total. The minimum Gasteiger partial charge on any atom is -0.358 e. The van der Waals surface area contributed by atoms with Crippen LogP contribution >= 0.6 is 11.6 Å². The minimum absolute atomic E-state index is 0.0388. The predicted octanol–water partition coefficient (Wildman–Crippen LogP) is 3.13. The van der Waals surface area contributed by atoms with E-state index in [0.717, 1.165) is 12.8 Å². The molecule has 33 heavy (non-hydrogen) atoms. The Morgan fingerprint density at radius 2 is 2.03 bits per heavy atom. The van der Waals surface area contributed by atoms with E-state index in [1.807, 2.05) is 6.92 Å². The summed E-state index contributed by atoms with van der Waals surface area (Å²) in [5.74, 6) is 1.80. The highest BCUT2D eigenvalue weighted by Crippen LogP contribution is 2.30. The van der Waals surface area contributed by atoms with Gasteiger partial charge in [0.1, 0.15) is 11.4 Å². The first-order valence-electron chi connectivity index (χ1n) is 10.6. The molecule has 174 valence electrons. The zero-order valence-corrected chi connectivity index (χ0v) is 20.1. The molecule has 1 aliphatic rings. The molecule has 0 radical (unpaired) electrons. The van der Waals surface area contributed by atoms with Crippen LogP contribution in [0.3, 0.4) is 0 Å². The Morgan fingerprint density at radius 3 is 2.70 bits per heavy atom. The first-order chi connectivity index (χ1) is 15.7. The highest BCUT2D eigenvalue weighted by molar-refractivity contribution is 7.89. The fraction of sp³-hybridized carbons (Fsp3) is 0.333. The number of nitrogens with zero attached hydrogens (tertiary/aromatic N) is 2. The van der Waals surface area contributed by atoms with E-state index < -0.39 is 21.8 Å². The third-order valence-electron chi connectivity index (χ3n) is 5.57. The molecule has 2 amide bonds. The van der Waals surface area contributed by atoms with Crippen molar-refractivity contribution in [3.63, 3.8) is 0 Å². The summed E-state index contributed by atoms with van der Waals surface area (Å²) in [7, 11) is -2.42. The van der Waals surface area contributed by atoms with Gasteiger partial charge in [-0.1, -0.05) is 30.5 Å². The molecule has 1 aliphatic heterocycles. The van der Waals surface area contributed by atoms with Crippen LogP contribution in [0.5, 0.6) is 0 Å². The van der Waals surface area contributed by atoms with Gasteiger partial charge in [-0.05, 0) is 55.2 Å². The van der Waals surface area contributed by atoms with E-state index in [-0.39, 0.29) is 27.9 Å². The van der Waals surface area contributed by atoms with Crippen molar-refractivity contribution in [2.45, 2.75) is 24.7 Å². The lowest BCUT2D eigenvalue weighted by atomic mass is 10.0. The number of rotatable bonds is 6. The summed E-state index contributed by atoms with van der Waals surface area (Å²) in [5.41, 5.74) is 1.06. The number of piperidine rings is 1. The van der Waals surface area contributed by atoms with E-state index in [4.69, 9.17) is 18.0 Å². The number of benzene rings is 2. The standard InChI is InChI=1S/C24H26ClN3O4S/c1-4-18-8-5-9-20(13-18)28(16-23(29)26-3)24(30)19-10-11-21(25)22(14-19)33(31,32)27-12-6-7-17(2)15-27/h1,5,8-11,13-14,17H,6-7,12,15-16H2,2-3H3,(H,26,29). The molecule has 0 aliphatic carbocycles. The Labute approximate surface area is 199 Å². The van der Waals surface area contributed by atoms with Gasteiger partial charge in [0.05, 0.1) is 5.02 Å². The molecule has 0 bridgehead atoms. The summed E-state index contributed by atoms with van der Waals surface area (Å²) in [6.45, 7) is 2.54. The molecule has 0 aromatic heterocycles. The van der Waals surface area contributed by atoms with Gasteiger partial charge in [0.25, 0.3) is 5.91 Å². The quantitative estimate of drug-likeness (QED) is 0.634. The molecule has 1 heterocycles. The average Bonchev–Trinajstić information content (AvgIpc) is 2.82. The molecule has 1 fully saturated rings. The second-order valence-corrected chi connectivity index (χ2v) is 10.3. The number of amides is 2. The molecule has 1 unspecified atom stereocenters. The number of sulfonamides is 1. The number of halogens is 1. The smallest absolute Gasteiger partial charge is 0.258 e. The number of carbonyl (C=O) groups is 2. The Morgan fingerprint density at radius 1 is 1.27 bits per heavy atom. The Balaban J connectivity index is 2.02. The third-order valence-corrected chi connectivity index (χ3v) is 7.91. The van der Waals surface area contributed by atoms with Crippen LogP contribution in [0.1, 0.15) is 35.7 Å². The van der Waals surface area contributed by atoms with E-state index in [1.165, 1.54) is 34.5 Å². The number of nitrogens with one attached hydrogen (secondary N) is 1. The highest BCUT2D eigenvalue weighted by atomic mass is 35.5. The Hall–Kier alpha value is -2.86. The SMILES string of the molecule is C#Cc1cccc(N(CC(=O)NC)C(=O)c2ccc(Cl)c(S(=O)(=O)N3CCCC(C)C3)c2)c1. The van der Waals surface area contributed by atoms with Gasteiger partial charge in [-0.3, -0.25) is 14.5 Å². The zero-order chi connectivity index (χ0) is 24.2. The highest BCUT2D eigenvalue weighted by Gasteiger charge is 2.31. The van der Waals surface area contributed by atoms with E-state index in [2.05, 4.69) is 11.2 Å². The molecular formula is C24H26ClN3O4S. The van der Waals surface area contributed by atoms with Gasteiger partial charge in [0.2, 0.25) is 15.9 Å². The third kappa shape index (κ3) is 5.56. The molecule has 2 aromatic carbocycles. The maximum Gasteiger partial charge on any atom is 0.258 e. The van der Waals surface area contributed by atoms with Gasteiger partial charge in [-0.25, -0.2) is 8.42 Å². The van der Waals surface area contributed by atoms with Crippen molar-refractivity contribution in [1.82, 2.24) is 9.62 Å². The van der Waals surface area contributed by atoms with Crippen molar-refractivity contribution in [1.29, 1.82) is 0 Å². The normalized spacial score (nSPS) is 16.6. The van der Waals surface area contributed by atoms with Crippen LogP contribution in [-0.4, -0.2) is 51.2 Å². The lowest BCUT2D eigenvalue weighted by Gasteiger charge is -2.30. The molecule has 9 heteroatoms. The van der Waals surface area contributed by atoms with Gasteiger partial charge in [0.15, 0.2) is 0 Å². The fourth-order valence-corrected chi connectivity index (χ4v) is 5.86. The van der Waals surface area contributed by atoms with E-state index in [0.29, 0.717) is 24.3 Å². The Kier molecular flexibility index (Phi) is 7.80. The summed E-state index contributed by atoms with van der Waals surface area (Å²) >= 11 is 6.27. The van der Waals surface area contributed by atoms with Crippen LogP contribution in [0, 0.1) is 18.3 Å². The predicted molar refractivity (Wildman–Crippen MR) is 129 cm³/mol. The zero-order valence-electron chi connectivity index (χ0n) is 18.5. The van der Waals surface area contributed by atoms with Gasteiger partial charge in [-0.2, -0.15) is 4.31 Å². The van der Waals surface area contributed by atoms with Gasteiger partial charge < -0.3 is 5.32 Å².